The van der Waals surface area contributed by atoms with Gasteiger partial charge in [0.1, 0.15) is 0 Å². The highest BCUT2D eigenvalue weighted by atomic mass is 35.5. The van der Waals surface area contributed by atoms with Crippen LogP contribution in [0.4, 0.5) is 0 Å². The number of hydrazine groups is 1. The molecular formula is C11H12ClN3O. The zero-order valence-corrected chi connectivity index (χ0v) is 9.53. The first kappa shape index (κ1) is 11.1. The minimum absolute atomic E-state index is 0.208. The number of halogens is 1. The second kappa shape index (κ2) is 4.65. The minimum atomic E-state index is -0.208. The van der Waals surface area contributed by atoms with Gasteiger partial charge >= 0.3 is 0 Å². The molecule has 0 aromatic carbocycles. The van der Waals surface area contributed by atoms with E-state index in [1.807, 2.05) is 13.0 Å². The lowest BCUT2D eigenvalue weighted by molar-refractivity contribution is 0.554. The molecule has 16 heavy (non-hydrogen) atoms. The summed E-state index contributed by atoms with van der Waals surface area (Å²) in [6.45, 7) is 2.00. The molecule has 5 heteroatoms. The van der Waals surface area contributed by atoms with E-state index in [0.29, 0.717) is 5.22 Å². The van der Waals surface area contributed by atoms with Crippen molar-refractivity contribution in [2.24, 2.45) is 5.84 Å². The summed E-state index contributed by atoms with van der Waals surface area (Å²) in [5.74, 6) is 5.56. The first-order chi connectivity index (χ1) is 7.74. The third kappa shape index (κ3) is 1.95. The van der Waals surface area contributed by atoms with Crippen molar-refractivity contribution in [2.75, 3.05) is 0 Å². The first-order valence-corrected chi connectivity index (χ1v) is 5.21. The molecule has 0 saturated heterocycles. The molecule has 0 aliphatic heterocycles. The van der Waals surface area contributed by atoms with Crippen LogP contribution in [-0.4, -0.2) is 4.98 Å². The van der Waals surface area contributed by atoms with E-state index in [-0.39, 0.29) is 6.04 Å². The number of aromatic nitrogens is 1. The second-order valence-corrected chi connectivity index (χ2v) is 3.82. The molecule has 2 aromatic rings. The molecule has 0 fully saturated rings. The van der Waals surface area contributed by atoms with Crippen molar-refractivity contribution < 1.29 is 4.42 Å². The Labute approximate surface area is 98.4 Å². The average Bonchev–Trinajstić information content (AvgIpc) is 2.69. The van der Waals surface area contributed by atoms with E-state index in [0.717, 1.165) is 16.7 Å². The van der Waals surface area contributed by atoms with Crippen LogP contribution in [0.15, 0.2) is 35.2 Å². The van der Waals surface area contributed by atoms with E-state index in [9.17, 15) is 0 Å². The standard InChI is InChI=1S/C11H12ClN3O/c1-7-2-4-14-6-9(7)10(15-13)8-3-5-16-11(8)12/h2-6,10,15H,13H2,1H3. The summed E-state index contributed by atoms with van der Waals surface area (Å²) >= 11 is 5.93. The molecule has 84 valence electrons. The molecule has 2 heterocycles. The molecule has 0 amide bonds. The lowest BCUT2D eigenvalue weighted by Crippen LogP contribution is -2.29. The molecular weight excluding hydrogens is 226 g/mol. The zero-order valence-electron chi connectivity index (χ0n) is 8.77. The number of nitrogens with two attached hydrogens (primary N) is 1. The number of nitrogens with one attached hydrogen (secondary N) is 1. The summed E-state index contributed by atoms with van der Waals surface area (Å²) in [5, 5.41) is 0.339. The molecule has 0 radical (unpaired) electrons. The van der Waals surface area contributed by atoms with E-state index in [1.165, 1.54) is 6.26 Å². The summed E-state index contributed by atoms with van der Waals surface area (Å²) < 4.78 is 5.06. The number of furan rings is 1. The fourth-order valence-electron chi connectivity index (χ4n) is 1.64. The molecule has 0 bridgehead atoms. The fourth-order valence-corrected chi connectivity index (χ4v) is 1.86. The molecule has 0 aliphatic carbocycles. The molecule has 0 saturated carbocycles. The van der Waals surface area contributed by atoms with Gasteiger partial charge in [0, 0.05) is 18.0 Å². The monoisotopic (exact) mass is 237 g/mol. The van der Waals surface area contributed by atoms with Crippen LogP contribution < -0.4 is 11.3 Å². The van der Waals surface area contributed by atoms with Gasteiger partial charge in [0.15, 0.2) is 5.22 Å². The van der Waals surface area contributed by atoms with Crippen LogP contribution in [0.2, 0.25) is 5.22 Å². The molecule has 2 rings (SSSR count). The Morgan fingerprint density at radius 1 is 1.44 bits per heavy atom. The van der Waals surface area contributed by atoms with E-state index in [4.69, 9.17) is 21.9 Å². The van der Waals surface area contributed by atoms with Crippen molar-refractivity contribution in [1.82, 2.24) is 10.4 Å². The van der Waals surface area contributed by atoms with Crippen LogP contribution in [0.25, 0.3) is 0 Å². The Bertz CT molecular complexity index is 484. The Kier molecular flexibility index (Phi) is 3.24. The van der Waals surface area contributed by atoms with Gasteiger partial charge in [-0.1, -0.05) is 0 Å². The van der Waals surface area contributed by atoms with Crippen molar-refractivity contribution in [3.05, 3.63) is 52.7 Å². The van der Waals surface area contributed by atoms with Gasteiger partial charge in [-0.2, -0.15) is 0 Å². The molecule has 1 unspecified atom stereocenters. The fraction of sp³-hybridized carbons (Fsp3) is 0.182. The summed E-state index contributed by atoms with van der Waals surface area (Å²) in [7, 11) is 0. The predicted molar refractivity (Wildman–Crippen MR) is 61.9 cm³/mol. The highest BCUT2D eigenvalue weighted by molar-refractivity contribution is 6.29. The summed E-state index contributed by atoms with van der Waals surface area (Å²) in [6.07, 6.45) is 5.04. The van der Waals surface area contributed by atoms with Crippen LogP contribution in [-0.2, 0) is 0 Å². The Balaban J connectivity index is 2.45. The maximum Gasteiger partial charge on any atom is 0.198 e. The van der Waals surface area contributed by atoms with E-state index < -0.39 is 0 Å². The number of hydrogen-bond acceptors (Lipinski definition) is 4. The number of aryl methyl sites for hydroxylation is 1. The zero-order chi connectivity index (χ0) is 11.5. The quantitative estimate of drug-likeness (QED) is 0.635. The van der Waals surface area contributed by atoms with Crippen molar-refractivity contribution in [2.45, 2.75) is 13.0 Å². The summed E-state index contributed by atoms with van der Waals surface area (Å²) in [6, 6.07) is 3.51. The maximum absolute atomic E-state index is 5.93. The van der Waals surface area contributed by atoms with Gasteiger partial charge in [0.2, 0.25) is 0 Å². The van der Waals surface area contributed by atoms with Crippen molar-refractivity contribution in [1.29, 1.82) is 0 Å². The van der Waals surface area contributed by atoms with E-state index in [1.54, 1.807) is 18.5 Å². The SMILES string of the molecule is Cc1ccncc1C(NN)c1ccoc1Cl. The van der Waals surface area contributed by atoms with Gasteiger partial charge in [-0.25, -0.2) is 5.43 Å². The Hall–Kier alpha value is -1.36. The molecule has 1 atom stereocenters. The van der Waals surface area contributed by atoms with E-state index >= 15 is 0 Å². The molecule has 2 aromatic heterocycles. The maximum atomic E-state index is 5.93. The Morgan fingerprint density at radius 2 is 2.25 bits per heavy atom. The predicted octanol–water partition coefficient (Wildman–Crippen LogP) is 2.19. The molecule has 4 nitrogen and oxygen atoms in total. The lowest BCUT2D eigenvalue weighted by Gasteiger charge is -2.16. The Morgan fingerprint density at radius 3 is 2.81 bits per heavy atom. The largest absolute Gasteiger partial charge is 0.453 e. The van der Waals surface area contributed by atoms with Gasteiger partial charge < -0.3 is 4.42 Å². The van der Waals surface area contributed by atoms with Crippen molar-refractivity contribution in [3.63, 3.8) is 0 Å². The summed E-state index contributed by atoms with van der Waals surface area (Å²) in [5.41, 5.74) is 5.60. The van der Waals surface area contributed by atoms with Gasteiger partial charge in [0.05, 0.1) is 12.3 Å². The highest BCUT2D eigenvalue weighted by Crippen LogP contribution is 2.29. The van der Waals surface area contributed by atoms with Crippen LogP contribution >= 0.6 is 11.6 Å². The molecule has 0 spiro atoms. The second-order valence-electron chi connectivity index (χ2n) is 3.48. The molecule has 3 N–H and O–H groups in total. The summed E-state index contributed by atoms with van der Waals surface area (Å²) in [4.78, 5) is 4.08. The smallest absolute Gasteiger partial charge is 0.198 e. The van der Waals surface area contributed by atoms with Gasteiger partial charge in [-0.05, 0) is 41.8 Å². The van der Waals surface area contributed by atoms with Crippen LogP contribution in [0.1, 0.15) is 22.7 Å². The van der Waals surface area contributed by atoms with Crippen molar-refractivity contribution >= 4 is 11.6 Å². The van der Waals surface area contributed by atoms with Gasteiger partial charge in [0.25, 0.3) is 0 Å². The topological polar surface area (TPSA) is 64.1 Å². The minimum Gasteiger partial charge on any atom is -0.453 e. The number of pyridine rings is 1. The van der Waals surface area contributed by atoms with Gasteiger partial charge in [-0.15, -0.1) is 0 Å². The number of rotatable bonds is 3. The van der Waals surface area contributed by atoms with Crippen LogP contribution in [0, 0.1) is 6.92 Å². The van der Waals surface area contributed by atoms with Crippen molar-refractivity contribution in [3.8, 4) is 0 Å². The number of nitrogens with zero attached hydrogens (tertiary/aromatic N) is 1. The number of hydrogen-bond donors (Lipinski definition) is 2. The average molecular weight is 238 g/mol. The third-order valence-corrected chi connectivity index (χ3v) is 2.82. The normalized spacial score (nSPS) is 12.7. The van der Waals surface area contributed by atoms with Crippen LogP contribution in [0.5, 0.6) is 0 Å². The first-order valence-electron chi connectivity index (χ1n) is 4.83. The molecule has 0 aliphatic rings. The third-order valence-electron chi connectivity index (χ3n) is 2.51. The van der Waals surface area contributed by atoms with Gasteiger partial charge in [-0.3, -0.25) is 10.8 Å². The van der Waals surface area contributed by atoms with Crippen LogP contribution in [0.3, 0.4) is 0 Å². The lowest BCUT2D eigenvalue weighted by atomic mass is 10.00. The highest BCUT2D eigenvalue weighted by Gasteiger charge is 2.19. The van der Waals surface area contributed by atoms with E-state index in [2.05, 4.69) is 10.4 Å².